The standard InChI is InChI=1S/C18H22N2O5/c1-12-10-15(13(2)24-12)17(22)19-6-3-7-20(9-8-19)18(23)16-5-4-14(11-21)25-16/h4-5,10,21H,3,6-9,11H2,1-2H3. The highest BCUT2D eigenvalue weighted by molar-refractivity contribution is 5.95. The van der Waals surface area contributed by atoms with E-state index in [1.165, 1.54) is 0 Å². The van der Waals surface area contributed by atoms with Crippen molar-refractivity contribution in [1.29, 1.82) is 0 Å². The normalized spacial score (nSPS) is 15.3. The van der Waals surface area contributed by atoms with Gasteiger partial charge in [0, 0.05) is 26.2 Å². The molecule has 3 rings (SSSR count). The van der Waals surface area contributed by atoms with Gasteiger partial charge in [-0.3, -0.25) is 9.59 Å². The smallest absolute Gasteiger partial charge is 0.289 e. The number of rotatable bonds is 3. The van der Waals surface area contributed by atoms with E-state index < -0.39 is 0 Å². The van der Waals surface area contributed by atoms with E-state index >= 15 is 0 Å². The van der Waals surface area contributed by atoms with Crippen molar-refractivity contribution >= 4 is 11.8 Å². The molecule has 0 bridgehead atoms. The Morgan fingerprint density at radius 2 is 1.72 bits per heavy atom. The van der Waals surface area contributed by atoms with Crippen LogP contribution >= 0.6 is 0 Å². The number of hydrogen-bond donors (Lipinski definition) is 1. The summed E-state index contributed by atoms with van der Waals surface area (Å²) in [6.45, 7) is 5.41. The van der Waals surface area contributed by atoms with Gasteiger partial charge in [-0.2, -0.15) is 0 Å². The molecule has 1 N–H and O–H groups in total. The van der Waals surface area contributed by atoms with Gasteiger partial charge >= 0.3 is 0 Å². The second-order valence-electron chi connectivity index (χ2n) is 6.19. The van der Waals surface area contributed by atoms with Crippen LogP contribution in [-0.2, 0) is 6.61 Å². The molecule has 1 saturated heterocycles. The van der Waals surface area contributed by atoms with E-state index in [1.807, 2.05) is 6.92 Å². The van der Waals surface area contributed by atoms with Crippen LogP contribution in [0, 0.1) is 13.8 Å². The maximum Gasteiger partial charge on any atom is 0.289 e. The van der Waals surface area contributed by atoms with Crippen molar-refractivity contribution < 1.29 is 23.5 Å². The number of nitrogens with zero attached hydrogens (tertiary/aromatic N) is 2. The molecule has 1 aliphatic heterocycles. The van der Waals surface area contributed by atoms with Crippen molar-refractivity contribution in [3.8, 4) is 0 Å². The molecule has 1 aliphatic rings. The molecular weight excluding hydrogens is 324 g/mol. The summed E-state index contributed by atoms with van der Waals surface area (Å²) in [5.41, 5.74) is 0.580. The Balaban J connectivity index is 1.66. The first-order valence-electron chi connectivity index (χ1n) is 8.34. The number of carbonyl (C=O) groups excluding carboxylic acids is 2. The topological polar surface area (TPSA) is 87.1 Å². The minimum Gasteiger partial charge on any atom is -0.466 e. The largest absolute Gasteiger partial charge is 0.466 e. The molecule has 0 aromatic carbocycles. The van der Waals surface area contributed by atoms with Gasteiger partial charge in [0.1, 0.15) is 23.9 Å². The van der Waals surface area contributed by atoms with Gasteiger partial charge in [0.05, 0.1) is 5.56 Å². The van der Waals surface area contributed by atoms with Crippen molar-refractivity contribution in [2.45, 2.75) is 26.9 Å². The van der Waals surface area contributed by atoms with Gasteiger partial charge in [0.15, 0.2) is 5.76 Å². The summed E-state index contributed by atoms with van der Waals surface area (Å²) in [6.07, 6.45) is 0.695. The third kappa shape index (κ3) is 3.61. The van der Waals surface area contributed by atoms with E-state index in [1.54, 1.807) is 34.9 Å². The van der Waals surface area contributed by atoms with E-state index in [0.717, 1.165) is 0 Å². The molecule has 2 aromatic heterocycles. The third-order valence-corrected chi connectivity index (χ3v) is 4.37. The van der Waals surface area contributed by atoms with Gasteiger partial charge in [-0.15, -0.1) is 0 Å². The zero-order valence-corrected chi connectivity index (χ0v) is 14.4. The summed E-state index contributed by atoms with van der Waals surface area (Å²) in [6, 6.07) is 4.91. The fraction of sp³-hybridized carbons (Fsp3) is 0.444. The Hall–Kier alpha value is -2.54. The molecule has 7 nitrogen and oxygen atoms in total. The SMILES string of the molecule is Cc1cc(C(=O)N2CCCN(C(=O)c3ccc(CO)o3)CC2)c(C)o1. The van der Waals surface area contributed by atoms with Gasteiger partial charge in [0.25, 0.3) is 11.8 Å². The van der Waals surface area contributed by atoms with Crippen LogP contribution in [0.2, 0.25) is 0 Å². The maximum atomic E-state index is 12.7. The van der Waals surface area contributed by atoms with Crippen LogP contribution in [0.4, 0.5) is 0 Å². The average Bonchev–Trinajstić information content (AvgIpc) is 3.12. The Labute approximate surface area is 145 Å². The van der Waals surface area contributed by atoms with Crippen molar-refractivity contribution in [3.63, 3.8) is 0 Å². The molecule has 2 aromatic rings. The fourth-order valence-corrected chi connectivity index (χ4v) is 3.07. The maximum absolute atomic E-state index is 12.7. The van der Waals surface area contributed by atoms with E-state index in [4.69, 9.17) is 13.9 Å². The van der Waals surface area contributed by atoms with Gasteiger partial charge in [-0.05, 0) is 38.5 Å². The Morgan fingerprint density at radius 3 is 2.28 bits per heavy atom. The average molecular weight is 346 g/mol. The predicted octanol–water partition coefficient (Wildman–Crippen LogP) is 1.97. The van der Waals surface area contributed by atoms with E-state index in [-0.39, 0.29) is 24.2 Å². The predicted molar refractivity (Wildman–Crippen MR) is 89.2 cm³/mol. The monoisotopic (exact) mass is 346 g/mol. The molecule has 134 valence electrons. The molecule has 2 amide bonds. The van der Waals surface area contributed by atoms with Gasteiger partial charge in [0.2, 0.25) is 0 Å². The summed E-state index contributed by atoms with van der Waals surface area (Å²) >= 11 is 0. The van der Waals surface area contributed by atoms with Crippen molar-refractivity contribution in [3.05, 3.63) is 46.8 Å². The molecule has 1 fully saturated rings. The molecule has 0 atom stereocenters. The number of hydrogen-bond acceptors (Lipinski definition) is 5. The van der Waals surface area contributed by atoms with Crippen LogP contribution in [0.15, 0.2) is 27.0 Å². The number of aryl methyl sites for hydroxylation is 2. The first-order chi connectivity index (χ1) is 12.0. The lowest BCUT2D eigenvalue weighted by molar-refractivity contribution is 0.0696. The van der Waals surface area contributed by atoms with Gasteiger partial charge in [-0.1, -0.05) is 0 Å². The lowest BCUT2D eigenvalue weighted by Gasteiger charge is -2.21. The van der Waals surface area contributed by atoms with E-state index in [0.29, 0.717) is 55.4 Å². The van der Waals surface area contributed by atoms with Crippen molar-refractivity contribution in [2.75, 3.05) is 26.2 Å². The van der Waals surface area contributed by atoms with Gasteiger partial charge < -0.3 is 23.7 Å². The molecule has 3 heterocycles. The first kappa shape index (κ1) is 17.3. The zero-order chi connectivity index (χ0) is 18.0. The summed E-state index contributed by atoms with van der Waals surface area (Å²) in [7, 11) is 0. The van der Waals surface area contributed by atoms with Crippen molar-refractivity contribution in [1.82, 2.24) is 9.80 Å². The number of carbonyl (C=O) groups is 2. The molecule has 25 heavy (non-hydrogen) atoms. The van der Waals surface area contributed by atoms with Crippen LogP contribution in [0.1, 0.15) is 44.6 Å². The van der Waals surface area contributed by atoms with E-state index in [9.17, 15) is 9.59 Å². The molecule has 0 radical (unpaired) electrons. The van der Waals surface area contributed by atoms with Crippen LogP contribution in [0.5, 0.6) is 0 Å². The lowest BCUT2D eigenvalue weighted by Crippen LogP contribution is -2.37. The molecule has 0 saturated carbocycles. The molecule has 0 unspecified atom stereocenters. The number of furan rings is 2. The van der Waals surface area contributed by atoms with Crippen LogP contribution < -0.4 is 0 Å². The number of aliphatic hydroxyl groups excluding tert-OH is 1. The van der Waals surface area contributed by atoms with Crippen LogP contribution in [0.3, 0.4) is 0 Å². The Kier molecular flexibility index (Phi) is 4.94. The van der Waals surface area contributed by atoms with Crippen LogP contribution in [0.25, 0.3) is 0 Å². The molecule has 0 aliphatic carbocycles. The summed E-state index contributed by atoms with van der Waals surface area (Å²) in [4.78, 5) is 28.6. The summed E-state index contributed by atoms with van der Waals surface area (Å²) in [5, 5.41) is 9.05. The third-order valence-electron chi connectivity index (χ3n) is 4.37. The summed E-state index contributed by atoms with van der Waals surface area (Å²) < 4.78 is 10.8. The first-order valence-corrected chi connectivity index (χ1v) is 8.34. The number of amides is 2. The minimum absolute atomic E-state index is 0.0655. The quantitative estimate of drug-likeness (QED) is 0.918. The molecular formula is C18H22N2O5. The lowest BCUT2D eigenvalue weighted by atomic mass is 10.2. The minimum atomic E-state index is -0.237. The summed E-state index contributed by atoms with van der Waals surface area (Å²) in [5.74, 6) is 1.62. The van der Waals surface area contributed by atoms with Crippen molar-refractivity contribution in [2.24, 2.45) is 0 Å². The second kappa shape index (κ2) is 7.14. The Morgan fingerprint density at radius 1 is 1.04 bits per heavy atom. The highest BCUT2D eigenvalue weighted by Gasteiger charge is 2.26. The Bertz CT molecular complexity index is 776. The van der Waals surface area contributed by atoms with E-state index in [2.05, 4.69) is 0 Å². The molecule has 0 spiro atoms. The molecule has 7 heteroatoms. The highest BCUT2D eigenvalue weighted by Crippen LogP contribution is 2.18. The fourth-order valence-electron chi connectivity index (χ4n) is 3.07. The van der Waals surface area contributed by atoms with Crippen LogP contribution in [-0.4, -0.2) is 52.9 Å². The number of aliphatic hydroxyl groups is 1. The second-order valence-corrected chi connectivity index (χ2v) is 6.19. The van der Waals surface area contributed by atoms with Gasteiger partial charge in [-0.25, -0.2) is 0 Å². The highest BCUT2D eigenvalue weighted by atomic mass is 16.4. The zero-order valence-electron chi connectivity index (χ0n) is 14.4.